The minimum absolute atomic E-state index is 0.00864. The van der Waals surface area contributed by atoms with Crippen molar-refractivity contribution in [1.29, 1.82) is 0 Å². The van der Waals surface area contributed by atoms with E-state index >= 15 is 0 Å². The maximum Gasteiger partial charge on any atom is 0.233 e. The Kier molecular flexibility index (Phi) is 4.70. The number of sulfonamides is 1. The SMILES string of the molecule is CC(CCl)CS(=O)(=O)Nc1ccc(F)c(F)c1. The van der Waals surface area contributed by atoms with Crippen LogP contribution in [0.4, 0.5) is 14.5 Å². The fourth-order valence-electron chi connectivity index (χ4n) is 1.20. The quantitative estimate of drug-likeness (QED) is 0.844. The topological polar surface area (TPSA) is 46.2 Å². The van der Waals surface area contributed by atoms with E-state index in [-0.39, 0.29) is 23.2 Å². The second-order valence-electron chi connectivity index (χ2n) is 3.77. The van der Waals surface area contributed by atoms with E-state index in [9.17, 15) is 17.2 Å². The lowest BCUT2D eigenvalue weighted by atomic mass is 10.3. The van der Waals surface area contributed by atoms with Gasteiger partial charge in [-0.15, -0.1) is 11.6 Å². The van der Waals surface area contributed by atoms with Gasteiger partial charge in [0.25, 0.3) is 0 Å². The third-order valence-electron chi connectivity index (χ3n) is 1.96. The van der Waals surface area contributed by atoms with Gasteiger partial charge in [-0.25, -0.2) is 17.2 Å². The monoisotopic (exact) mass is 283 g/mol. The summed E-state index contributed by atoms with van der Waals surface area (Å²) in [5, 5.41) is 0. The van der Waals surface area contributed by atoms with Crippen molar-refractivity contribution in [3.8, 4) is 0 Å². The number of anilines is 1. The Balaban J connectivity index is 2.80. The predicted octanol–water partition coefficient (Wildman–Crippen LogP) is 2.58. The van der Waals surface area contributed by atoms with Crippen molar-refractivity contribution in [1.82, 2.24) is 0 Å². The van der Waals surface area contributed by atoms with Crippen LogP contribution in [0.1, 0.15) is 6.92 Å². The Hall–Kier alpha value is -0.880. The van der Waals surface area contributed by atoms with Crippen molar-refractivity contribution in [3.05, 3.63) is 29.8 Å². The van der Waals surface area contributed by atoms with E-state index in [1.807, 2.05) is 0 Å². The minimum atomic E-state index is -3.60. The Morgan fingerprint density at radius 1 is 1.35 bits per heavy atom. The first kappa shape index (κ1) is 14.2. The van der Waals surface area contributed by atoms with Gasteiger partial charge < -0.3 is 0 Å². The third-order valence-corrected chi connectivity index (χ3v) is 4.04. The van der Waals surface area contributed by atoms with E-state index in [0.29, 0.717) is 0 Å². The zero-order chi connectivity index (χ0) is 13.1. The largest absolute Gasteiger partial charge is 0.283 e. The smallest absolute Gasteiger partial charge is 0.233 e. The van der Waals surface area contributed by atoms with Crippen LogP contribution in [0.15, 0.2) is 18.2 Å². The highest BCUT2D eigenvalue weighted by molar-refractivity contribution is 7.92. The molecule has 0 aliphatic carbocycles. The molecule has 17 heavy (non-hydrogen) atoms. The van der Waals surface area contributed by atoms with Crippen LogP contribution < -0.4 is 4.72 Å². The van der Waals surface area contributed by atoms with Crippen molar-refractivity contribution in [2.75, 3.05) is 16.4 Å². The van der Waals surface area contributed by atoms with Gasteiger partial charge in [0.05, 0.1) is 11.4 Å². The fourth-order valence-corrected chi connectivity index (χ4v) is 2.87. The summed E-state index contributed by atoms with van der Waals surface area (Å²) in [7, 11) is -3.60. The van der Waals surface area contributed by atoms with Crippen LogP contribution >= 0.6 is 11.6 Å². The molecule has 0 aromatic heterocycles. The standard InChI is InChI=1S/C10H12ClF2NO2S/c1-7(5-11)6-17(15,16)14-8-2-3-9(12)10(13)4-8/h2-4,7,14H,5-6H2,1H3. The van der Waals surface area contributed by atoms with Crippen LogP contribution in [0.2, 0.25) is 0 Å². The second kappa shape index (κ2) is 5.64. The van der Waals surface area contributed by atoms with Crippen LogP contribution in [-0.4, -0.2) is 20.1 Å². The molecule has 1 rings (SSSR count). The van der Waals surface area contributed by atoms with E-state index in [1.54, 1.807) is 6.92 Å². The molecule has 0 bridgehead atoms. The third kappa shape index (κ3) is 4.47. The molecule has 0 spiro atoms. The predicted molar refractivity (Wildman–Crippen MR) is 63.7 cm³/mol. The van der Waals surface area contributed by atoms with Gasteiger partial charge in [0.2, 0.25) is 10.0 Å². The summed E-state index contributed by atoms with van der Waals surface area (Å²) < 4.78 is 50.8. The van der Waals surface area contributed by atoms with Crippen molar-refractivity contribution in [2.45, 2.75) is 6.92 Å². The molecule has 0 amide bonds. The number of halogens is 3. The van der Waals surface area contributed by atoms with E-state index in [0.717, 1.165) is 18.2 Å². The summed E-state index contributed by atoms with van der Waals surface area (Å²) in [6, 6.07) is 2.80. The number of rotatable bonds is 5. The van der Waals surface area contributed by atoms with Crippen molar-refractivity contribution in [2.24, 2.45) is 5.92 Å². The van der Waals surface area contributed by atoms with Gasteiger partial charge in [0.1, 0.15) is 0 Å². The van der Waals surface area contributed by atoms with Gasteiger partial charge >= 0.3 is 0 Å². The molecule has 96 valence electrons. The summed E-state index contributed by atoms with van der Waals surface area (Å²) in [5.74, 6) is -2.31. The molecule has 7 heteroatoms. The van der Waals surface area contributed by atoms with Crippen LogP contribution in [0.25, 0.3) is 0 Å². The Labute approximate surface area is 104 Å². The van der Waals surface area contributed by atoms with Crippen molar-refractivity contribution in [3.63, 3.8) is 0 Å². The Morgan fingerprint density at radius 3 is 2.53 bits per heavy atom. The first-order valence-electron chi connectivity index (χ1n) is 4.85. The van der Waals surface area contributed by atoms with Gasteiger partial charge in [0, 0.05) is 11.9 Å². The molecule has 1 N–H and O–H groups in total. The van der Waals surface area contributed by atoms with Gasteiger partial charge in [-0.3, -0.25) is 4.72 Å². The lowest BCUT2D eigenvalue weighted by Crippen LogP contribution is -2.22. The van der Waals surface area contributed by atoms with Gasteiger partial charge in [-0.2, -0.15) is 0 Å². The highest BCUT2D eigenvalue weighted by Gasteiger charge is 2.15. The lowest BCUT2D eigenvalue weighted by Gasteiger charge is -2.11. The maximum absolute atomic E-state index is 12.9. The summed E-state index contributed by atoms with van der Waals surface area (Å²) in [5.41, 5.74) is -0.00864. The molecule has 3 nitrogen and oxygen atoms in total. The molecule has 0 aliphatic heterocycles. The minimum Gasteiger partial charge on any atom is -0.283 e. The van der Waals surface area contributed by atoms with E-state index in [4.69, 9.17) is 11.6 Å². The normalized spacial score (nSPS) is 13.4. The van der Waals surface area contributed by atoms with E-state index in [2.05, 4.69) is 4.72 Å². The Morgan fingerprint density at radius 2 is 2.00 bits per heavy atom. The molecule has 1 aromatic carbocycles. The molecule has 1 unspecified atom stereocenters. The van der Waals surface area contributed by atoms with E-state index in [1.165, 1.54) is 0 Å². The Bertz CT molecular complexity index is 493. The average Bonchev–Trinajstić information content (AvgIpc) is 2.22. The molecular weight excluding hydrogens is 272 g/mol. The number of hydrogen-bond donors (Lipinski definition) is 1. The molecule has 0 saturated carbocycles. The highest BCUT2D eigenvalue weighted by Crippen LogP contribution is 2.15. The van der Waals surface area contributed by atoms with Gasteiger partial charge in [0.15, 0.2) is 11.6 Å². The summed E-state index contributed by atoms with van der Waals surface area (Å²) in [4.78, 5) is 0. The lowest BCUT2D eigenvalue weighted by molar-refractivity contribution is 0.509. The van der Waals surface area contributed by atoms with Crippen LogP contribution in [0, 0.1) is 17.6 Å². The summed E-state index contributed by atoms with van der Waals surface area (Å²) >= 11 is 5.51. The molecule has 0 heterocycles. The highest BCUT2D eigenvalue weighted by atomic mass is 35.5. The zero-order valence-corrected chi connectivity index (χ0v) is 10.7. The average molecular weight is 284 g/mol. The van der Waals surface area contributed by atoms with Crippen molar-refractivity contribution >= 4 is 27.3 Å². The number of nitrogens with one attached hydrogen (secondary N) is 1. The molecule has 0 aliphatic rings. The maximum atomic E-state index is 12.9. The summed E-state index contributed by atoms with van der Waals surface area (Å²) in [6.07, 6.45) is 0. The van der Waals surface area contributed by atoms with Gasteiger partial charge in [-0.05, 0) is 18.1 Å². The molecule has 0 radical (unpaired) electrons. The zero-order valence-electron chi connectivity index (χ0n) is 9.08. The van der Waals surface area contributed by atoms with Gasteiger partial charge in [-0.1, -0.05) is 6.92 Å². The van der Waals surface area contributed by atoms with Crippen molar-refractivity contribution < 1.29 is 17.2 Å². The summed E-state index contributed by atoms with van der Waals surface area (Å²) in [6.45, 7) is 1.68. The first-order chi connectivity index (χ1) is 7.84. The number of hydrogen-bond acceptors (Lipinski definition) is 2. The van der Waals surface area contributed by atoms with Crippen LogP contribution in [0.5, 0.6) is 0 Å². The van der Waals surface area contributed by atoms with E-state index < -0.39 is 21.7 Å². The molecule has 1 aromatic rings. The van der Waals surface area contributed by atoms with Crippen LogP contribution in [-0.2, 0) is 10.0 Å². The molecule has 1 atom stereocenters. The van der Waals surface area contributed by atoms with Crippen LogP contribution in [0.3, 0.4) is 0 Å². The first-order valence-corrected chi connectivity index (χ1v) is 7.04. The second-order valence-corrected chi connectivity index (χ2v) is 5.85. The fraction of sp³-hybridized carbons (Fsp3) is 0.400. The molecular formula is C10H12ClF2NO2S. The number of benzene rings is 1. The number of alkyl halides is 1. The molecule has 0 fully saturated rings. The molecule has 0 saturated heterocycles.